The lowest BCUT2D eigenvalue weighted by molar-refractivity contribution is 0.242. The van der Waals surface area contributed by atoms with Crippen LogP contribution in [0, 0.1) is 0 Å². The van der Waals surface area contributed by atoms with E-state index in [2.05, 4.69) is 53.5 Å². The molecule has 2 heterocycles. The summed E-state index contributed by atoms with van der Waals surface area (Å²) in [6, 6.07) is 23.1. The van der Waals surface area contributed by atoms with Crippen molar-refractivity contribution in [2.24, 2.45) is 0 Å². The zero-order chi connectivity index (χ0) is 19.1. The van der Waals surface area contributed by atoms with Crippen LogP contribution in [0.3, 0.4) is 0 Å². The summed E-state index contributed by atoms with van der Waals surface area (Å²) >= 11 is 0. The van der Waals surface area contributed by atoms with E-state index in [4.69, 9.17) is 9.15 Å². The number of ether oxygens (including phenoxy) is 1. The van der Waals surface area contributed by atoms with Crippen molar-refractivity contribution < 1.29 is 9.15 Å². The molecule has 0 saturated heterocycles. The Morgan fingerprint density at radius 3 is 2.39 bits per heavy atom. The van der Waals surface area contributed by atoms with Crippen molar-refractivity contribution in [3.05, 3.63) is 79.2 Å². The lowest BCUT2D eigenvalue weighted by Crippen LogP contribution is -2.05. The van der Waals surface area contributed by atoms with E-state index in [0.29, 0.717) is 0 Å². The highest BCUT2D eigenvalue weighted by Crippen LogP contribution is 2.35. The van der Waals surface area contributed by atoms with Gasteiger partial charge in [0.25, 0.3) is 0 Å². The Morgan fingerprint density at radius 2 is 1.57 bits per heavy atom. The zero-order valence-corrected chi connectivity index (χ0v) is 15.9. The van der Waals surface area contributed by atoms with Crippen molar-refractivity contribution in [2.45, 2.75) is 20.0 Å². The molecule has 3 nitrogen and oxygen atoms in total. The molecule has 0 bridgehead atoms. The van der Waals surface area contributed by atoms with Crippen LogP contribution >= 0.6 is 0 Å². The highest BCUT2D eigenvalue weighted by Gasteiger charge is 2.11. The Balaban J connectivity index is 1.56. The molecule has 0 amide bonds. The number of fused-ring (bicyclic) bond motifs is 2. The third-order valence-electron chi connectivity index (χ3n) is 5.00. The summed E-state index contributed by atoms with van der Waals surface area (Å²) in [6.45, 7) is 4.06. The topological polar surface area (TPSA) is 38.2 Å². The van der Waals surface area contributed by atoms with Gasteiger partial charge in [-0.15, -0.1) is 0 Å². The molecular formula is C25H21NO2. The van der Waals surface area contributed by atoms with E-state index in [9.17, 15) is 0 Å². The number of aromatic amines is 1. The summed E-state index contributed by atoms with van der Waals surface area (Å²) in [5.74, 6) is 0.882. The first-order valence-corrected chi connectivity index (χ1v) is 9.53. The van der Waals surface area contributed by atoms with Gasteiger partial charge in [-0.1, -0.05) is 24.3 Å². The number of hydrogen-bond donors (Lipinski definition) is 1. The molecule has 0 aliphatic carbocycles. The van der Waals surface area contributed by atoms with Crippen LogP contribution < -0.4 is 4.74 Å². The Kier molecular flexibility index (Phi) is 3.94. The molecule has 0 radical (unpaired) electrons. The van der Waals surface area contributed by atoms with Crippen molar-refractivity contribution >= 4 is 21.9 Å². The molecule has 138 valence electrons. The first-order valence-electron chi connectivity index (χ1n) is 9.53. The smallest absolute Gasteiger partial charge is 0.134 e. The summed E-state index contributed by atoms with van der Waals surface area (Å²) in [4.78, 5) is 3.25. The van der Waals surface area contributed by atoms with Gasteiger partial charge < -0.3 is 14.1 Å². The molecule has 0 aliphatic heterocycles. The summed E-state index contributed by atoms with van der Waals surface area (Å²) < 4.78 is 11.6. The second-order valence-corrected chi connectivity index (χ2v) is 7.33. The summed E-state index contributed by atoms with van der Waals surface area (Å²) in [6.07, 6.45) is 3.97. The number of H-pyrrole nitrogens is 1. The van der Waals surface area contributed by atoms with Crippen LogP contribution in [0.25, 0.3) is 44.1 Å². The highest BCUT2D eigenvalue weighted by atomic mass is 16.5. The molecule has 5 rings (SSSR count). The van der Waals surface area contributed by atoms with Crippen molar-refractivity contribution in [2.75, 3.05) is 0 Å². The Bertz CT molecular complexity index is 1260. The molecular weight excluding hydrogens is 346 g/mol. The second kappa shape index (κ2) is 6.61. The maximum Gasteiger partial charge on any atom is 0.134 e. The summed E-state index contributed by atoms with van der Waals surface area (Å²) in [7, 11) is 0. The van der Waals surface area contributed by atoms with E-state index in [1.54, 1.807) is 0 Å². The van der Waals surface area contributed by atoms with Crippen LogP contribution in [0.5, 0.6) is 5.75 Å². The van der Waals surface area contributed by atoms with Gasteiger partial charge in [-0.3, -0.25) is 0 Å². The molecule has 3 aromatic carbocycles. The van der Waals surface area contributed by atoms with Crippen LogP contribution in [0.4, 0.5) is 0 Å². The molecule has 3 heteroatoms. The Hall–Kier alpha value is -3.46. The summed E-state index contributed by atoms with van der Waals surface area (Å²) in [5.41, 5.74) is 6.63. The Morgan fingerprint density at radius 1 is 0.821 bits per heavy atom. The fraction of sp³-hybridized carbons (Fsp3) is 0.120. The maximum absolute atomic E-state index is 5.81. The molecule has 0 aliphatic rings. The molecule has 28 heavy (non-hydrogen) atoms. The number of hydrogen-bond acceptors (Lipinski definition) is 2. The van der Waals surface area contributed by atoms with Gasteiger partial charge in [-0.2, -0.15) is 0 Å². The van der Waals surface area contributed by atoms with Gasteiger partial charge in [0.1, 0.15) is 11.3 Å². The minimum atomic E-state index is 0.167. The molecule has 5 aromatic rings. The number of nitrogens with one attached hydrogen (secondary N) is 1. The van der Waals surface area contributed by atoms with Gasteiger partial charge in [0, 0.05) is 22.7 Å². The highest BCUT2D eigenvalue weighted by molar-refractivity contribution is 5.97. The standard InChI is InChI=1S/C25H21NO2/c1-16(2)28-21-7-3-17(4-8-21)23-15-27-25-10-6-19(14-22(23)25)18-5-9-24-20(13-18)11-12-26-24/h3-16,26H,1-2H3. The van der Waals surface area contributed by atoms with E-state index in [1.807, 2.05) is 44.5 Å². The predicted octanol–water partition coefficient (Wildman–Crippen LogP) is 7.04. The number of rotatable bonds is 4. The van der Waals surface area contributed by atoms with Crippen molar-refractivity contribution in [3.63, 3.8) is 0 Å². The fourth-order valence-corrected chi connectivity index (χ4v) is 3.65. The van der Waals surface area contributed by atoms with Crippen LogP contribution in [-0.4, -0.2) is 11.1 Å². The lowest BCUT2D eigenvalue weighted by atomic mass is 9.99. The normalized spacial score (nSPS) is 11.5. The molecule has 0 unspecified atom stereocenters. The third-order valence-corrected chi connectivity index (χ3v) is 5.00. The average molecular weight is 367 g/mol. The zero-order valence-electron chi connectivity index (χ0n) is 15.9. The molecule has 0 spiro atoms. The first kappa shape index (κ1) is 16.7. The fourth-order valence-electron chi connectivity index (χ4n) is 3.65. The monoisotopic (exact) mass is 367 g/mol. The van der Waals surface area contributed by atoms with E-state index in [1.165, 1.54) is 16.5 Å². The van der Waals surface area contributed by atoms with Crippen molar-refractivity contribution in [1.29, 1.82) is 0 Å². The Labute approximate surface area is 163 Å². The van der Waals surface area contributed by atoms with E-state index in [0.717, 1.165) is 33.4 Å². The maximum atomic E-state index is 5.81. The minimum absolute atomic E-state index is 0.167. The van der Waals surface area contributed by atoms with Gasteiger partial charge in [0.15, 0.2) is 0 Å². The minimum Gasteiger partial charge on any atom is -0.491 e. The first-order chi connectivity index (χ1) is 13.7. The van der Waals surface area contributed by atoms with Crippen LogP contribution in [-0.2, 0) is 0 Å². The van der Waals surface area contributed by atoms with Gasteiger partial charge in [0.05, 0.1) is 12.4 Å². The molecule has 0 saturated carbocycles. The van der Waals surface area contributed by atoms with E-state index >= 15 is 0 Å². The lowest BCUT2D eigenvalue weighted by Gasteiger charge is -2.10. The molecule has 2 aromatic heterocycles. The summed E-state index contributed by atoms with van der Waals surface area (Å²) in [5, 5.41) is 2.33. The number of furan rings is 1. The molecule has 1 N–H and O–H groups in total. The molecule has 0 atom stereocenters. The second-order valence-electron chi connectivity index (χ2n) is 7.33. The van der Waals surface area contributed by atoms with Gasteiger partial charge >= 0.3 is 0 Å². The number of aromatic nitrogens is 1. The van der Waals surface area contributed by atoms with E-state index < -0.39 is 0 Å². The average Bonchev–Trinajstić information content (AvgIpc) is 3.34. The van der Waals surface area contributed by atoms with E-state index in [-0.39, 0.29) is 6.10 Å². The quantitative estimate of drug-likeness (QED) is 0.370. The van der Waals surface area contributed by atoms with Crippen LogP contribution in [0.1, 0.15) is 13.8 Å². The van der Waals surface area contributed by atoms with Crippen molar-refractivity contribution in [3.8, 4) is 28.0 Å². The van der Waals surface area contributed by atoms with Crippen LogP contribution in [0.2, 0.25) is 0 Å². The van der Waals surface area contributed by atoms with Gasteiger partial charge in [0.2, 0.25) is 0 Å². The van der Waals surface area contributed by atoms with Gasteiger partial charge in [-0.25, -0.2) is 0 Å². The molecule has 0 fully saturated rings. The SMILES string of the molecule is CC(C)Oc1ccc(-c2coc3ccc(-c4ccc5[nH]ccc5c4)cc23)cc1. The number of benzene rings is 3. The van der Waals surface area contributed by atoms with Crippen molar-refractivity contribution in [1.82, 2.24) is 4.98 Å². The third kappa shape index (κ3) is 2.95. The largest absolute Gasteiger partial charge is 0.491 e. The van der Waals surface area contributed by atoms with Gasteiger partial charge in [-0.05, 0) is 78.4 Å². The van der Waals surface area contributed by atoms with Crippen LogP contribution in [0.15, 0.2) is 83.6 Å². The predicted molar refractivity (Wildman–Crippen MR) is 115 cm³/mol.